The highest BCUT2D eigenvalue weighted by Gasteiger charge is 2.53. The Labute approximate surface area is 99.5 Å². The molecule has 1 atom stereocenters. The molecule has 3 N–H and O–H groups in total. The van der Waals surface area contributed by atoms with Gasteiger partial charge in [-0.1, -0.05) is 6.42 Å². The highest BCUT2D eigenvalue weighted by atomic mass is 35.5. The molecule has 6 heteroatoms. The largest absolute Gasteiger partial charge is 0.369 e. The number of halogens is 1. The zero-order valence-electron chi connectivity index (χ0n) is 8.82. The summed E-state index contributed by atoms with van der Waals surface area (Å²) in [6, 6.07) is 0. The van der Waals surface area contributed by atoms with Gasteiger partial charge >= 0.3 is 0 Å². The maximum absolute atomic E-state index is 11.6. The van der Waals surface area contributed by atoms with Gasteiger partial charge in [-0.15, -0.1) is 12.4 Å². The van der Waals surface area contributed by atoms with Crippen LogP contribution in [0.1, 0.15) is 32.1 Å². The molecule has 0 radical (unpaired) electrons. The quantitative estimate of drug-likeness (QED) is 0.678. The fourth-order valence-corrected chi connectivity index (χ4v) is 2.55. The Bertz CT molecular complexity index is 339. The zero-order chi connectivity index (χ0) is 11.1. The Hall–Kier alpha value is -1.10. The summed E-state index contributed by atoms with van der Waals surface area (Å²) in [5, 5.41) is 2.27. The summed E-state index contributed by atoms with van der Waals surface area (Å²) in [5.41, 5.74) is 4.68. The fourth-order valence-electron chi connectivity index (χ4n) is 2.55. The number of primary amides is 1. The highest BCUT2D eigenvalue weighted by molar-refractivity contribution is 6.01. The summed E-state index contributed by atoms with van der Waals surface area (Å²) >= 11 is 0. The molecule has 0 spiro atoms. The van der Waals surface area contributed by atoms with Crippen LogP contribution in [0.3, 0.4) is 0 Å². The first-order valence-electron chi connectivity index (χ1n) is 5.20. The molecule has 0 aromatic heterocycles. The summed E-state index contributed by atoms with van der Waals surface area (Å²) in [6.45, 7) is 0. The Morgan fingerprint density at radius 1 is 1.38 bits per heavy atom. The van der Waals surface area contributed by atoms with Gasteiger partial charge in [0.2, 0.25) is 17.7 Å². The van der Waals surface area contributed by atoms with Crippen molar-refractivity contribution in [3.8, 4) is 0 Å². The van der Waals surface area contributed by atoms with Crippen LogP contribution in [-0.4, -0.2) is 17.7 Å². The van der Waals surface area contributed by atoms with Gasteiger partial charge < -0.3 is 5.73 Å². The summed E-state index contributed by atoms with van der Waals surface area (Å²) < 4.78 is 0. The van der Waals surface area contributed by atoms with E-state index in [1.165, 1.54) is 0 Å². The second-order valence-corrected chi connectivity index (χ2v) is 4.38. The number of amides is 3. The number of rotatable bonds is 2. The van der Waals surface area contributed by atoms with Crippen LogP contribution in [0.2, 0.25) is 0 Å². The van der Waals surface area contributed by atoms with E-state index in [-0.39, 0.29) is 24.2 Å². The molecule has 2 fully saturated rings. The second-order valence-electron chi connectivity index (χ2n) is 4.38. The minimum atomic E-state index is -0.676. The van der Waals surface area contributed by atoms with Crippen molar-refractivity contribution in [3.05, 3.63) is 0 Å². The molecule has 5 nitrogen and oxygen atoms in total. The Morgan fingerprint density at radius 2 is 2.00 bits per heavy atom. The van der Waals surface area contributed by atoms with Crippen molar-refractivity contribution in [1.82, 2.24) is 5.32 Å². The first kappa shape index (κ1) is 13.0. The monoisotopic (exact) mass is 246 g/mol. The van der Waals surface area contributed by atoms with Crippen LogP contribution < -0.4 is 11.1 Å². The molecule has 3 amide bonds. The average molecular weight is 247 g/mol. The third-order valence-corrected chi connectivity index (χ3v) is 3.64. The SMILES string of the molecule is Cl.NC(=O)C1(C2CCC(=O)NC2=O)CCC1. The maximum atomic E-state index is 11.6. The van der Waals surface area contributed by atoms with Crippen LogP contribution in [-0.2, 0) is 14.4 Å². The molecule has 0 aromatic carbocycles. The van der Waals surface area contributed by atoms with Crippen LogP contribution in [0.15, 0.2) is 0 Å². The number of hydrogen-bond acceptors (Lipinski definition) is 3. The number of carbonyl (C=O) groups excluding carboxylic acids is 3. The van der Waals surface area contributed by atoms with Gasteiger partial charge in [0.15, 0.2) is 0 Å². The molecule has 2 aliphatic rings. The van der Waals surface area contributed by atoms with Crippen LogP contribution in [0.5, 0.6) is 0 Å². The topological polar surface area (TPSA) is 89.3 Å². The van der Waals surface area contributed by atoms with Gasteiger partial charge in [0, 0.05) is 6.42 Å². The predicted octanol–water partition coefficient (Wildman–Crippen LogP) is 0.117. The van der Waals surface area contributed by atoms with Crippen molar-refractivity contribution >= 4 is 30.1 Å². The van der Waals surface area contributed by atoms with Crippen LogP contribution >= 0.6 is 12.4 Å². The van der Waals surface area contributed by atoms with Crippen molar-refractivity contribution < 1.29 is 14.4 Å². The van der Waals surface area contributed by atoms with Gasteiger partial charge in [0.1, 0.15) is 0 Å². The lowest BCUT2D eigenvalue weighted by molar-refractivity contribution is -0.152. The summed E-state index contributed by atoms with van der Waals surface area (Å²) in [4.78, 5) is 34.0. The van der Waals surface area contributed by atoms with E-state index >= 15 is 0 Å². The van der Waals surface area contributed by atoms with Gasteiger partial charge in [-0.2, -0.15) is 0 Å². The maximum Gasteiger partial charge on any atom is 0.230 e. The standard InChI is InChI=1S/C10H14N2O3.ClH/c11-9(15)10(4-1-5-10)6-2-3-7(13)12-8(6)14;/h6H,1-5H2,(H2,11,15)(H,12,13,14);1H. The van der Waals surface area contributed by atoms with Gasteiger partial charge in [-0.25, -0.2) is 0 Å². The zero-order valence-corrected chi connectivity index (χ0v) is 9.64. The van der Waals surface area contributed by atoms with E-state index in [4.69, 9.17) is 5.73 Å². The number of hydrogen-bond donors (Lipinski definition) is 2. The second kappa shape index (κ2) is 4.41. The Kier molecular flexibility index (Phi) is 3.57. The van der Waals surface area contributed by atoms with E-state index in [2.05, 4.69) is 5.32 Å². The molecule has 0 bridgehead atoms. The molecule has 1 unspecified atom stereocenters. The molecule has 1 aliphatic heterocycles. The molecule has 0 aromatic rings. The van der Waals surface area contributed by atoms with E-state index in [9.17, 15) is 14.4 Å². The minimum absolute atomic E-state index is 0. The normalized spacial score (nSPS) is 27.4. The van der Waals surface area contributed by atoms with Gasteiger partial charge in [0.05, 0.1) is 11.3 Å². The third-order valence-electron chi connectivity index (χ3n) is 3.64. The van der Waals surface area contributed by atoms with Gasteiger partial charge in [-0.3, -0.25) is 19.7 Å². The smallest absolute Gasteiger partial charge is 0.230 e. The van der Waals surface area contributed by atoms with E-state index in [1.54, 1.807) is 0 Å². The number of imide groups is 1. The molecule has 1 saturated heterocycles. The molecule has 1 saturated carbocycles. The van der Waals surface area contributed by atoms with Crippen molar-refractivity contribution in [3.63, 3.8) is 0 Å². The summed E-state index contributed by atoms with van der Waals surface area (Å²) in [6.07, 6.45) is 3.04. The van der Waals surface area contributed by atoms with Gasteiger partial charge in [-0.05, 0) is 19.3 Å². The Balaban J connectivity index is 0.00000128. The van der Waals surface area contributed by atoms with Crippen LogP contribution in [0, 0.1) is 11.3 Å². The van der Waals surface area contributed by atoms with Crippen molar-refractivity contribution in [2.75, 3.05) is 0 Å². The van der Waals surface area contributed by atoms with Crippen LogP contribution in [0.4, 0.5) is 0 Å². The minimum Gasteiger partial charge on any atom is -0.369 e. The lowest BCUT2D eigenvalue weighted by Crippen LogP contribution is -2.56. The highest BCUT2D eigenvalue weighted by Crippen LogP contribution is 2.49. The predicted molar refractivity (Wildman–Crippen MR) is 58.6 cm³/mol. The molecule has 16 heavy (non-hydrogen) atoms. The average Bonchev–Trinajstić information content (AvgIpc) is 2.05. The Morgan fingerprint density at radius 3 is 2.38 bits per heavy atom. The summed E-state index contributed by atoms with van der Waals surface area (Å²) in [7, 11) is 0. The molecule has 1 heterocycles. The number of nitrogens with one attached hydrogen (secondary N) is 1. The molecular weight excluding hydrogens is 232 g/mol. The molecular formula is C10H15ClN2O3. The lowest BCUT2D eigenvalue weighted by Gasteiger charge is -2.45. The number of piperidine rings is 1. The first-order chi connectivity index (χ1) is 7.06. The number of carbonyl (C=O) groups is 3. The first-order valence-corrected chi connectivity index (χ1v) is 5.20. The molecule has 1 aliphatic carbocycles. The van der Waals surface area contributed by atoms with Crippen molar-refractivity contribution in [2.24, 2.45) is 17.1 Å². The van der Waals surface area contributed by atoms with E-state index in [1.807, 2.05) is 0 Å². The van der Waals surface area contributed by atoms with E-state index in [0.29, 0.717) is 25.7 Å². The molecule has 2 rings (SSSR count). The third kappa shape index (κ3) is 1.80. The fraction of sp³-hybridized carbons (Fsp3) is 0.700. The van der Waals surface area contributed by atoms with Crippen molar-refractivity contribution in [1.29, 1.82) is 0 Å². The molecule has 90 valence electrons. The lowest BCUT2D eigenvalue weighted by atomic mass is 9.58. The van der Waals surface area contributed by atoms with E-state index < -0.39 is 17.2 Å². The van der Waals surface area contributed by atoms with Gasteiger partial charge in [0.25, 0.3) is 0 Å². The van der Waals surface area contributed by atoms with Crippen molar-refractivity contribution in [2.45, 2.75) is 32.1 Å². The summed E-state index contributed by atoms with van der Waals surface area (Å²) in [5.74, 6) is -1.38. The van der Waals surface area contributed by atoms with Crippen LogP contribution in [0.25, 0.3) is 0 Å². The number of nitrogens with two attached hydrogens (primary N) is 1. The van der Waals surface area contributed by atoms with E-state index in [0.717, 1.165) is 6.42 Å².